The van der Waals surface area contributed by atoms with Crippen LogP contribution in [0.3, 0.4) is 0 Å². The molecule has 1 aromatic carbocycles. The van der Waals surface area contributed by atoms with Crippen LogP contribution < -0.4 is 0 Å². The first-order valence-corrected chi connectivity index (χ1v) is 6.25. The second kappa shape index (κ2) is 5.75. The van der Waals surface area contributed by atoms with Crippen LogP contribution in [0.2, 0.25) is 0 Å². The lowest BCUT2D eigenvalue weighted by atomic mass is 10.0. The van der Waals surface area contributed by atoms with Crippen LogP contribution in [0.1, 0.15) is 5.56 Å². The first-order chi connectivity index (χ1) is 9.06. The highest BCUT2D eigenvalue weighted by Gasteiger charge is 2.21. The molecule has 0 unspecified atom stereocenters. The minimum Gasteiger partial charge on any atom is -0.457 e. The van der Waals surface area contributed by atoms with Gasteiger partial charge < -0.3 is 4.74 Å². The van der Waals surface area contributed by atoms with Crippen LogP contribution in [0.4, 0.5) is 0 Å². The van der Waals surface area contributed by atoms with E-state index in [0.717, 1.165) is 28.3 Å². The molecule has 1 aromatic rings. The van der Waals surface area contributed by atoms with Crippen LogP contribution in [-0.2, 0) is 25.7 Å². The molecule has 0 N–H and O–H groups in total. The van der Waals surface area contributed by atoms with Gasteiger partial charge in [0, 0.05) is 10.5 Å². The van der Waals surface area contributed by atoms with Gasteiger partial charge in [0.05, 0.1) is 0 Å². The van der Waals surface area contributed by atoms with E-state index in [-0.39, 0.29) is 12.2 Å². The fourth-order valence-electron chi connectivity index (χ4n) is 1.48. The molecule has 0 saturated heterocycles. The molecule has 19 heavy (non-hydrogen) atoms. The fraction of sp³-hybridized carbons (Fsp3) is 0.0714. The van der Waals surface area contributed by atoms with Crippen LogP contribution in [0.25, 0.3) is 0 Å². The molecule has 0 aromatic heterocycles. The lowest BCUT2D eigenvalue weighted by molar-refractivity contribution is -0.141. The van der Waals surface area contributed by atoms with Gasteiger partial charge in [-0.3, -0.25) is 9.59 Å². The summed E-state index contributed by atoms with van der Waals surface area (Å²) in [4.78, 5) is 34.2. The number of benzene rings is 1. The Morgan fingerprint density at radius 2 is 1.79 bits per heavy atom. The van der Waals surface area contributed by atoms with E-state index in [9.17, 15) is 14.4 Å². The normalized spacial score (nSPS) is 14.3. The summed E-state index contributed by atoms with van der Waals surface area (Å²) in [6.45, 7) is 0.0502. The maximum atomic E-state index is 11.7. The first-order valence-electron chi connectivity index (χ1n) is 5.46. The summed E-state index contributed by atoms with van der Waals surface area (Å²) in [5.74, 6) is -1.69. The molecular formula is C14H9BrO4. The summed E-state index contributed by atoms with van der Waals surface area (Å²) < 4.78 is 5.92. The van der Waals surface area contributed by atoms with Gasteiger partial charge in [0.2, 0.25) is 0 Å². The van der Waals surface area contributed by atoms with Crippen molar-refractivity contribution in [2.24, 2.45) is 0 Å². The maximum Gasteiger partial charge on any atom is 0.342 e. The van der Waals surface area contributed by atoms with E-state index in [0.29, 0.717) is 0 Å². The van der Waals surface area contributed by atoms with Crippen LogP contribution >= 0.6 is 15.9 Å². The fourth-order valence-corrected chi connectivity index (χ4v) is 1.74. The Labute approximate surface area is 117 Å². The summed E-state index contributed by atoms with van der Waals surface area (Å²) in [7, 11) is 0. The number of esters is 1. The second-order valence-electron chi connectivity index (χ2n) is 3.86. The molecule has 1 aliphatic carbocycles. The highest BCUT2D eigenvalue weighted by molar-refractivity contribution is 9.10. The molecule has 0 saturated carbocycles. The third-order valence-corrected chi connectivity index (χ3v) is 2.98. The van der Waals surface area contributed by atoms with Crippen molar-refractivity contribution in [3.8, 4) is 0 Å². The van der Waals surface area contributed by atoms with Gasteiger partial charge in [-0.15, -0.1) is 0 Å². The number of carbonyl (C=O) groups is 3. The van der Waals surface area contributed by atoms with Gasteiger partial charge in [-0.05, 0) is 29.8 Å². The lowest BCUT2D eigenvalue weighted by Gasteiger charge is -2.07. The van der Waals surface area contributed by atoms with E-state index in [2.05, 4.69) is 15.9 Å². The number of halogens is 1. The van der Waals surface area contributed by atoms with E-state index >= 15 is 0 Å². The summed E-state index contributed by atoms with van der Waals surface area (Å²) in [5.41, 5.74) is 0.562. The molecule has 0 radical (unpaired) electrons. The van der Waals surface area contributed by atoms with Gasteiger partial charge in [-0.25, -0.2) is 4.79 Å². The molecule has 0 amide bonds. The van der Waals surface area contributed by atoms with Gasteiger partial charge in [0.1, 0.15) is 12.2 Å². The van der Waals surface area contributed by atoms with Gasteiger partial charge >= 0.3 is 5.97 Å². The number of ketones is 2. The molecule has 96 valence electrons. The van der Waals surface area contributed by atoms with E-state index in [1.165, 1.54) is 0 Å². The van der Waals surface area contributed by atoms with Crippen molar-refractivity contribution < 1.29 is 19.1 Å². The molecular weight excluding hydrogens is 312 g/mol. The van der Waals surface area contributed by atoms with Crippen LogP contribution in [0.15, 0.2) is 52.5 Å². The average molecular weight is 321 g/mol. The van der Waals surface area contributed by atoms with E-state index < -0.39 is 17.5 Å². The number of hydrogen-bond acceptors (Lipinski definition) is 4. The van der Waals surface area contributed by atoms with Crippen LogP contribution in [0.5, 0.6) is 0 Å². The van der Waals surface area contributed by atoms with Crippen molar-refractivity contribution in [3.05, 3.63) is 58.1 Å². The van der Waals surface area contributed by atoms with E-state index in [1.54, 1.807) is 12.1 Å². The number of allylic oxidation sites excluding steroid dienone is 3. The molecule has 0 atom stereocenters. The third kappa shape index (κ3) is 3.48. The summed E-state index contributed by atoms with van der Waals surface area (Å²) >= 11 is 3.30. The first kappa shape index (κ1) is 13.4. The quantitative estimate of drug-likeness (QED) is 0.486. The zero-order valence-electron chi connectivity index (χ0n) is 9.76. The molecule has 0 bridgehead atoms. The monoisotopic (exact) mass is 320 g/mol. The highest BCUT2D eigenvalue weighted by Crippen LogP contribution is 2.13. The van der Waals surface area contributed by atoms with Crippen molar-refractivity contribution in [1.29, 1.82) is 0 Å². The molecule has 5 heteroatoms. The van der Waals surface area contributed by atoms with Gasteiger partial charge in [-0.1, -0.05) is 28.1 Å². The molecule has 2 rings (SSSR count). The zero-order valence-corrected chi connectivity index (χ0v) is 11.3. The van der Waals surface area contributed by atoms with E-state index in [1.807, 2.05) is 12.1 Å². The Morgan fingerprint density at radius 1 is 1.11 bits per heavy atom. The summed E-state index contributed by atoms with van der Waals surface area (Å²) in [6, 6.07) is 7.22. The lowest BCUT2D eigenvalue weighted by Crippen LogP contribution is -2.18. The minimum atomic E-state index is -0.786. The van der Waals surface area contributed by atoms with Gasteiger partial charge in [0.25, 0.3) is 0 Å². The molecule has 0 spiro atoms. The molecule has 1 aliphatic rings. The average Bonchev–Trinajstić information content (AvgIpc) is 2.40. The number of hydrogen-bond donors (Lipinski definition) is 0. The van der Waals surface area contributed by atoms with Gasteiger partial charge in [-0.2, -0.15) is 0 Å². The number of carbonyl (C=O) groups excluding carboxylic acids is 3. The van der Waals surface area contributed by atoms with E-state index in [4.69, 9.17) is 4.74 Å². The Balaban J connectivity index is 2.00. The number of rotatable bonds is 3. The summed E-state index contributed by atoms with van der Waals surface area (Å²) in [5, 5.41) is 0. The largest absolute Gasteiger partial charge is 0.457 e. The van der Waals surface area contributed by atoms with Gasteiger partial charge in [0.15, 0.2) is 11.6 Å². The topological polar surface area (TPSA) is 60.4 Å². The number of ether oxygens (including phenoxy) is 1. The Kier molecular flexibility index (Phi) is 4.06. The maximum absolute atomic E-state index is 11.7. The Bertz CT molecular complexity index is 596. The highest BCUT2D eigenvalue weighted by atomic mass is 79.9. The predicted octanol–water partition coefficient (Wildman–Crippen LogP) is 2.13. The minimum absolute atomic E-state index is 0.0502. The second-order valence-corrected chi connectivity index (χ2v) is 4.78. The standard InChI is InChI=1S/C14H9BrO4/c15-10-3-1-9(2-4-10)8-19-14(18)12-7-11(16)5-6-13(12)17/h1-7H,8H2. The SMILES string of the molecule is O=C1C=CC(=O)C(C(=O)OCc2ccc(Br)cc2)=C1. The zero-order chi connectivity index (χ0) is 13.8. The smallest absolute Gasteiger partial charge is 0.342 e. The van der Waals surface area contributed by atoms with Crippen molar-refractivity contribution in [2.75, 3.05) is 0 Å². The van der Waals surface area contributed by atoms with Crippen LogP contribution in [-0.4, -0.2) is 17.5 Å². The van der Waals surface area contributed by atoms with Crippen molar-refractivity contribution >= 4 is 33.5 Å². The van der Waals surface area contributed by atoms with Crippen LogP contribution in [0, 0.1) is 0 Å². The van der Waals surface area contributed by atoms with Crippen molar-refractivity contribution in [2.45, 2.75) is 6.61 Å². The molecule has 0 fully saturated rings. The summed E-state index contributed by atoms with van der Waals surface area (Å²) in [6.07, 6.45) is 3.18. The Morgan fingerprint density at radius 3 is 2.47 bits per heavy atom. The predicted molar refractivity (Wildman–Crippen MR) is 71.2 cm³/mol. The molecule has 0 heterocycles. The third-order valence-electron chi connectivity index (χ3n) is 2.45. The Hall–Kier alpha value is -2.01. The molecule has 4 nitrogen and oxygen atoms in total. The van der Waals surface area contributed by atoms with Crippen molar-refractivity contribution in [3.63, 3.8) is 0 Å². The van der Waals surface area contributed by atoms with Crippen molar-refractivity contribution in [1.82, 2.24) is 0 Å². The molecule has 0 aliphatic heterocycles.